The third kappa shape index (κ3) is 6.10. The second-order valence-corrected chi connectivity index (χ2v) is 9.61. The highest BCUT2D eigenvalue weighted by molar-refractivity contribution is 7.46. The lowest BCUT2D eigenvalue weighted by molar-refractivity contribution is -0.137. The maximum atomic E-state index is 13.1. The molecule has 4 rings (SSSR count). The maximum Gasteiger partial charge on any atom is 0.469 e. The molecular formula is C22H21F3N3O9P. The summed E-state index contributed by atoms with van der Waals surface area (Å²) < 4.78 is 60.8. The van der Waals surface area contributed by atoms with Crippen molar-refractivity contribution in [1.82, 2.24) is 14.1 Å². The van der Waals surface area contributed by atoms with Crippen molar-refractivity contribution < 1.29 is 47.0 Å². The van der Waals surface area contributed by atoms with Crippen molar-refractivity contribution >= 4 is 7.82 Å². The first kappa shape index (κ1) is 27.9. The van der Waals surface area contributed by atoms with Crippen LogP contribution in [0.4, 0.5) is 13.2 Å². The first-order valence-electron chi connectivity index (χ1n) is 10.9. The van der Waals surface area contributed by atoms with Gasteiger partial charge in [0.1, 0.15) is 18.3 Å². The molecule has 12 nitrogen and oxygen atoms in total. The zero-order chi connectivity index (χ0) is 27.8. The van der Waals surface area contributed by atoms with Crippen molar-refractivity contribution in [2.45, 2.75) is 37.3 Å². The molecule has 0 aliphatic carbocycles. The molecule has 2 aromatic heterocycles. The molecule has 38 heavy (non-hydrogen) atoms. The van der Waals surface area contributed by atoms with E-state index in [9.17, 15) is 37.5 Å². The van der Waals surface area contributed by atoms with E-state index in [-0.39, 0.29) is 12.2 Å². The van der Waals surface area contributed by atoms with Crippen molar-refractivity contribution in [2.24, 2.45) is 0 Å². The van der Waals surface area contributed by atoms with Gasteiger partial charge in [-0.1, -0.05) is 12.1 Å². The summed E-state index contributed by atoms with van der Waals surface area (Å²) in [6, 6.07) is 8.45. The summed E-state index contributed by atoms with van der Waals surface area (Å²) in [7, 11) is -4.90. The van der Waals surface area contributed by atoms with Crippen LogP contribution in [0.25, 0.3) is 11.1 Å². The Labute approximate surface area is 211 Å². The van der Waals surface area contributed by atoms with Crippen LogP contribution in [0.3, 0.4) is 0 Å². The predicted molar refractivity (Wildman–Crippen MR) is 123 cm³/mol. The Kier molecular flexibility index (Phi) is 7.72. The number of benzene rings is 1. The van der Waals surface area contributed by atoms with E-state index in [0.29, 0.717) is 11.1 Å². The normalized spacial score (nSPS) is 22.1. The zero-order valence-corrected chi connectivity index (χ0v) is 20.1. The van der Waals surface area contributed by atoms with Crippen LogP contribution in [-0.2, 0) is 26.5 Å². The number of alkyl halides is 3. The van der Waals surface area contributed by atoms with Gasteiger partial charge >= 0.3 is 19.7 Å². The smallest absolute Gasteiger partial charge is 0.387 e. The molecule has 4 atom stereocenters. The van der Waals surface area contributed by atoms with Gasteiger partial charge in [-0.2, -0.15) is 13.2 Å². The van der Waals surface area contributed by atoms with E-state index in [1.807, 2.05) is 0 Å². The summed E-state index contributed by atoms with van der Waals surface area (Å²) in [4.78, 5) is 47.4. The highest BCUT2D eigenvalue weighted by Crippen LogP contribution is 2.38. The fourth-order valence-electron chi connectivity index (χ4n) is 3.90. The molecule has 0 bridgehead atoms. The van der Waals surface area contributed by atoms with Crippen LogP contribution in [0.2, 0.25) is 0 Å². The fraction of sp³-hybridized carbons (Fsp3) is 0.318. The van der Waals surface area contributed by atoms with E-state index in [0.717, 1.165) is 33.5 Å². The summed E-state index contributed by atoms with van der Waals surface area (Å²) in [5, 5.41) is 20.5. The van der Waals surface area contributed by atoms with Gasteiger partial charge in [0.15, 0.2) is 6.23 Å². The molecule has 1 aromatic carbocycles. The molecule has 1 aliphatic heterocycles. The molecule has 0 spiro atoms. The molecular weight excluding hydrogens is 538 g/mol. The minimum Gasteiger partial charge on any atom is -0.387 e. The largest absolute Gasteiger partial charge is 0.469 e. The van der Waals surface area contributed by atoms with Gasteiger partial charge in [-0.05, 0) is 35.4 Å². The van der Waals surface area contributed by atoms with Gasteiger partial charge in [0.25, 0.3) is 5.56 Å². The number of halogens is 3. The Balaban J connectivity index is 1.59. The molecule has 1 aliphatic rings. The topological polar surface area (TPSA) is 173 Å². The predicted octanol–water partition coefficient (Wildman–Crippen LogP) is 0.868. The lowest BCUT2D eigenvalue weighted by Crippen LogP contribution is -2.43. The summed E-state index contributed by atoms with van der Waals surface area (Å²) in [5.41, 5.74) is -1.35. The van der Waals surface area contributed by atoms with E-state index in [2.05, 4.69) is 9.51 Å². The molecule has 3 aromatic rings. The highest BCUT2D eigenvalue weighted by atomic mass is 31.2. The van der Waals surface area contributed by atoms with Crippen LogP contribution in [-0.4, -0.2) is 59.0 Å². The number of nitrogens with zero attached hydrogens (tertiary/aromatic N) is 3. The third-order valence-corrected chi connectivity index (χ3v) is 6.28. The number of hydrogen-bond donors (Lipinski definition) is 4. The minimum atomic E-state index is -4.90. The summed E-state index contributed by atoms with van der Waals surface area (Å²) in [6.07, 6.45) is -8.37. The van der Waals surface area contributed by atoms with Gasteiger partial charge in [0.2, 0.25) is 0 Å². The standard InChI is InChI=1S/C22H21F3N3O9P/c23-22(24,25)14-3-1-12(2-4-14)13-5-7-26-15(9-13)10-28-17(29)6-8-27(21(28)32)20-19(31)18(30)16(37-20)11-36-38(33,34)35/h1-9,16,18-20,30-31H,10-11H2,(H2,33,34,35)/t16-,18?,19?,20-/m1/s1. The Morgan fingerprint density at radius 2 is 1.71 bits per heavy atom. The maximum absolute atomic E-state index is 13.1. The number of ether oxygens (including phenoxy) is 1. The number of phosphoric ester groups is 1. The van der Waals surface area contributed by atoms with Crippen LogP contribution in [0.15, 0.2) is 64.4 Å². The lowest BCUT2D eigenvalue weighted by atomic mass is 10.0. The minimum absolute atomic E-state index is 0.222. The highest BCUT2D eigenvalue weighted by Gasteiger charge is 2.45. The van der Waals surface area contributed by atoms with Gasteiger partial charge < -0.3 is 24.7 Å². The van der Waals surface area contributed by atoms with Crippen LogP contribution in [0, 0.1) is 0 Å². The molecule has 0 saturated carbocycles. The summed E-state index contributed by atoms with van der Waals surface area (Å²) >= 11 is 0. The van der Waals surface area contributed by atoms with E-state index < -0.39 is 62.0 Å². The number of phosphoric acid groups is 1. The number of rotatable bonds is 7. The summed E-state index contributed by atoms with van der Waals surface area (Å²) in [5.74, 6) is 0. The van der Waals surface area contributed by atoms with E-state index in [1.54, 1.807) is 6.07 Å². The molecule has 3 heterocycles. The summed E-state index contributed by atoms with van der Waals surface area (Å²) in [6.45, 7) is -1.13. The van der Waals surface area contributed by atoms with Crippen LogP contribution in [0.5, 0.6) is 0 Å². The molecule has 0 radical (unpaired) electrons. The number of aromatic nitrogens is 3. The van der Waals surface area contributed by atoms with Gasteiger partial charge in [-0.25, -0.2) is 9.36 Å². The SMILES string of the molecule is O=c1ccn([C@@H]2O[C@H](COP(=O)(O)O)C(O)C2O)c(=O)n1Cc1cc(-c2ccc(C(F)(F)F)cc2)ccn1. The second kappa shape index (κ2) is 10.5. The van der Waals surface area contributed by atoms with Gasteiger partial charge in [-0.3, -0.25) is 23.4 Å². The van der Waals surface area contributed by atoms with Crippen LogP contribution >= 0.6 is 7.82 Å². The van der Waals surface area contributed by atoms with Crippen LogP contribution in [0.1, 0.15) is 17.5 Å². The van der Waals surface area contributed by atoms with Gasteiger partial charge in [0.05, 0.1) is 24.4 Å². The zero-order valence-electron chi connectivity index (χ0n) is 19.2. The van der Waals surface area contributed by atoms with Gasteiger partial charge in [0, 0.05) is 18.5 Å². The van der Waals surface area contributed by atoms with Crippen LogP contribution < -0.4 is 11.2 Å². The lowest BCUT2D eigenvalue weighted by Gasteiger charge is -2.18. The Bertz CT molecular complexity index is 1470. The average molecular weight is 559 g/mol. The number of pyridine rings is 1. The van der Waals surface area contributed by atoms with E-state index >= 15 is 0 Å². The van der Waals surface area contributed by atoms with Gasteiger partial charge in [-0.15, -0.1) is 0 Å². The molecule has 1 fully saturated rings. The third-order valence-electron chi connectivity index (χ3n) is 5.80. The quantitative estimate of drug-likeness (QED) is 0.304. The van der Waals surface area contributed by atoms with Crippen molar-refractivity contribution in [1.29, 1.82) is 0 Å². The Hall–Kier alpha value is -3.17. The van der Waals surface area contributed by atoms with Crippen molar-refractivity contribution in [3.8, 4) is 11.1 Å². The number of hydrogen-bond acceptors (Lipinski definition) is 8. The molecule has 0 amide bonds. The van der Waals surface area contributed by atoms with Crippen molar-refractivity contribution in [2.75, 3.05) is 6.61 Å². The Morgan fingerprint density at radius 3 is 2.34 bits per heavy atom. The molecule has 16 heteroatoms. The molecule has 2 unspecified atom stereocenters. The van der Waals surface area contributed by atoms with Crippen molar-refractivity contribution in [3.05, 3.63) is 87.0 Å². The number of aliphatic hydroxyl groups is 2. The molecule has 4 N–H and O–H groups in total. The first-order valence-corrected chi connectivity index (χ1v) is 12.4. The van der Waals surface area contributed by atoms with E-state index in [4.69, 9.17) is 14.5 Å². The molecule has 204 valence electrons. The Morgan fingerprint density at radius 1 is 1.03 bits per heavy atom. The second-order valence-electron chi connectivity index (χ2n) is 8.37. The monoisotopic (exact) mass is 559 g/mol. The first-order chi connectivity index (χ1) is 17.7. The number of aliphatic hydroxyl groups excluding tert-OH is 2. The molecule has 1 saturated heterocycles. The van der Waals surface area contributed by atoms with E-state index in [1.165, 1.54) is 24.4 Å². The average Bonchev–Trinajstić information content (AvgIpc) is 3.13. The fourth-order valence-corrected chi connectivity index (χ4v) is 4.24. The van der Waals surface area contributed by atoms with Crippen molar-refractivity contribution in [3.63, 3.8) is 0 Å².